The van der Waals surface area contributed by atoms with Crippen molar-refractivity contribution in [2.75, 3.05) is 0 Å². The van der Waals surface area contributed by atoms with Gasteiger partial charge in [-0.25, -0.2) is 9.78 Å². The zero-order valence-corrected chi connectivity index (χ0v) is 16.0. The van der Waals surface area contributed by atoms with Gasteiger partial charge in [-0.1, -0.05) is 0 Å². The molecule has 28 heavy (non-hydrogen) atoms. The number of nitro groups is 1. The van der Waals surface area contributed by atoms with Gasteiger partial charge in [0.2, 0.25) is 5.16 Å². The van der Waals surface area contributed by atoms with E-state index < -0.39 is 10.9 Å². The van der Waals surface area contributed by atoms with Gasteiger partial charge in [0.25, 0.3) is 5.69 Å². The molecule has 0 fully saturated rings. The van der Waals surface area contributed by atoms with Crippen LogP contribution in [0, 0.1) is 30.9 Å². The lowest BCUT2D eigenvalue weighted by molar-refractivity contribution is -0.385. The van der Waals surface area contributed by atoms with Crippen LogP contribution >= 0.6 is 11.8 Å². The highest BCUT2D eigenvalue weighted by Gasteiger charge is 2.18. The Morgan fingerprint density at radius 2 is 2.07 bits per heavy atom. The van der Waals surface area contributed by atoms with E-state index in [1.54, 1.807) is 39.0 Å². The van der Waals surface area contributed by atoms with Crippen LogP contribution in [0.5, 0.6) is 0 Å². The summed E-state index contributed by atoms with van der Waals surface area (Å²) in [7, 11) is 0. The summed E-state index contributed by atoms with van der Waals surface area (Å²) in [5, 5.41) is 27.5. The first kappa shape index (κ1) is 19.4. The van der Waals surface area contributed by atoms with E-state index in [1.165, 1.54) is 12.1 Å². The Balaban J connectivity index is 1.93. The van der Waals surface area contributed by atoms with Crippen molar-refractivity contribution in [2.24, 2.45) is 0 Å². The molecule has 0 saturated carbocycles. The minimum atomic E-state index is -1.15. The van der Waals surface area contributed by atoms with Crippen LogP contribution in [0.1, 0.15) is 22.7 Å². The van der Waals surface area contributed by atoms with Crippen LogP contribution in [0.15, 0.2) is 38.7 Å². The smallest absolute Gasteiger partial charge is 0.342 e. The Morgan fingerprint density at radius 1 is 1.32 bits per heavy atom. The van der Waals surface area contributed by atoms with Gasteiger partial charge in [-0.05, 0) is 56.3 Å². The summed E-state index contributed by atoms with van der Waals surface area (Å²) in [5.74, 6) is 0.130. The number of hydrogen-bond donors (Lipinski definition) is 2. The number of nitro benzene ring substituents is 1. The number of furan rings is 1. The van der Waals surface area contributed by atoms with Crippen LogP contribution in [0.3, 0.4) is 0 Å². The number of carboxylic acid groups (broad SMARTS) is 1. The molecule has 0 aliphatic carbocycles. The topological polar surface area (TPSA) is 135 Å². The van der Waals surface area contributed by atoms with Crippen molar-refractivity contribution in [3.8, 4) is 11.3 Å². The minimum absolute atomic E-state index is 0.00486. The van der Waals surface area contributed by atoms with E-state index in [0.717, 1.165) is 17.3 Å². The number of carbonyl (C=O) groups is 1. The number of aromatic nitrogens is 3. The number of thioether (sulfide) groups is 1. The summed E-state index contributed by atoms with van der Waals surface area (Å²) in [6.07, 6.45) is 1.36. The number of nitrogens with one attached hydrogen (secondary N) is 1. The number of hydrogen-bond acceptors (Lipinski definition) is 7. The van der Waals surface area contributed by atoms with E-state index in [9.17, 15) is 20.0 Å². The molecule has 0 bridgehead atoms. The van der Waals surface area contributed by atoms with Gasteiger partial charge in [0.15, 0.2) is 0 Å². The predicted molar refractivity (Wildman–Crippen MR) is 103 cm³/mol. The number of benzene rings is 1. The molecule has 2 N–H and O–H groups in total. The molecule has 144 valence electrons. The largest absolute Gasteiger partial charge is 0.477 e. The molecule has 9 nitrogen and oxygen atoms in total. The molecule has 2 heterocycles. The molecule has 0 amide bonds. The molecule has 0 spiro atoms. The van der Waals surface area contributed by atoms with Gasteiger partial charge in [0, 0.05) is 23.3 Å². The SMILES string of the molecule is Cc1nc(S/C(=C\c2ccc(-c3cc(C)c(C)c([N+](=O)[O-])c3)o2)C(=O)O)n[nH]1. The molecular formula is C18H16N4O5S. The first-order valence-electron chi connectivity index (χ1n) is 8.12. The second kappa shape index (κ2) is 7.69. The second-order valence-electron chi connectivity index (χ2n) is 6.02. The minimum Gasteiger partial charge on any atom is -0.477 e. The fourth-order valence-corrected chi connectivity index (χ4v) is 3.22. The molecule has 3 rings (SSSR count). The van der Waals surface area contributed by atoms with Gasteiger partial charge in [-0.15, -0.1) is 5.10 Å². The summed E-state index contributed by atoms with van der Waals surface area (Å²) in [4.78, 5) is 26.4. The van der Waals surface area contributed by atoms with E-state index in [-0.39, 0.29) is 15.7 Å². The fraction of sp³-hybridized carbons (Fsp3) is 0.167. The number of nitrogens with zero attached hydrogens (tertiary/aromatic N) is 3. The van der Waals surface area contributed by atoms with Gasteiger partial charge in [-0.2, -0.15) is 0 Å². The van der Waals surface area contributed by atoms with E-state index in [1.807, 2.05) is 0 Å². The third-order valence-electron chi connectivity index (χ3n) is 4.01. The third-order valence-corrected chi connectivity index (χ3v) is 4.89. The highest BCUT2D eigenvalue weighted by atomic mass is 32.2. The molecule has 2 aromatic heterocycles. The number of aliphatic carboxylic acids is 1. The zero-order chi connectivity index (χ0) is 20.4. The lowest BCUT2D eigenvalue weighted by atomic mass is 10.0. The van der Waals surface area contributed by atoms with Gasteiger partial charge in [-0.3, -0.25) is 15.2 Å². The van der Waals surface area contributed by atoms with Crippen LogP contribution in [0.4, 0.5) is 5.69 Å². The first-order valence-corrected chi connectivity index (χ1v) is 8.94. The standard InChI is InChI=1S/C18H16N4O5S/c1-9-6-12(7-14(10(9)2)22(25)26)15-5-4-13(27-15)8-16(17(23)24)28-18-19-11(3)20-21-18/h4-8H,1-3H3,(H,23,24)(H,19,20,21)/b16-8-. The first-order chi connectivity index (χ1) is 13.2. The summed E-state index contributed by atoms with van der Waals surface area (Å²) in [6, 6.07) is 6.47. The maximum Gasteiger partial charge on any atom is 0.342 e. The Kier molecular flexibility index (Phi) is 5.32. The number of carboxylic acids is 1. The second-order valence-corrected chi connectivity index (χ2v) is 7.02. The zero-order valence-electron chi connectivity index (χ0n) is 15.2. The number of aromatic amines is 1. The van der Waals surface area contributed by atoms with Crippen molar-refractivity contribution in [3.05, 3.63) is 62.0 Å². The molecule has 0 radical (unpaired) electrons. The highest BCUT2D eigenvalue weighted by molar-refractivity contribution is 8.04. The predicted octanol–water partition coefficient (Wildman–Crippen LogP) is 4.12. The molecule has 0 saturated heterocycles. The summed E-state index contributed by atoms with van der Waals surface area (Å²) in [5.41, 5.74) is 1.90. The Hall–Kier alpha value is -3.40. The third kappa shape index (κ3) is 4.12. The van der Waals surface area contributed by atoms with Gasteiger partial charge in [0.1, 0.15) is 22.3 Å². The number of aryl methyl sites for hydroxylation is 2. The van der Waals surface area contributed by atoms with Crippen LogP contribution in [-0.2, 0) is 4.79 Å². The van der Waals surface area contributed by atoms with Crippen LogP contribution in [0.25, 0.3) is 17.4 Å². The molecule has 0 aliphatic rings. The van der Waals surface area contributed by atoms with Crippen LogP contribution in [-0.4, -0.2) is 31.2 Å². The van der Waals surface area contributed by atoms with Crippen molar-refractivity contribution in [3.63, 3.8) is 0 Å². The monoisotopic (exact) mass is 400 g/mol. The van der Waals surface area contributed by atoms with E-state index in [0.29, 0.717) is 28.5 Å². The normalized spacial score (nSPS) is 11.6. The Bertz CT molecular complexity index is 1100. The molecule has 0 aliphatic heterocycles. The van der Waals surface area contributed by atoms with Crippen molar-refractivity contribution in [1.82, 2.24) is 15.2 Å². The van der Waals surface area contributed by atoms with E-state index in [2.05, 4.69) is 15.2 Å². The maximum atomic E-state index is 11.5. The summed E-state index contributed by atoms with van der Waals surface area (Å²) < 4.78 is 5.70. The van der Waals surface area contributed by atoms with Crippen molar-refractivity contribution in [2.45, 2.75) is 25.9 Å². The molecule has 0 unspecified atom stereocenters. The average Bonchev–Trinajstić information content (AvgIpc) is 3.25. The fourth-order valence-electron chi connectivity index (χ4n) is 2.49. The van der Waals surface area contributed by atoms with Crippen LogP contribution < -0.4 is 0 Å². The highest BCUT2D eigenvalue weighted by Crippen LogP contribution is 2.32. The number of H-pyrrole nitrogens is 1. The summed E-state index contributed by atoms with van der Waals surface area (Å²) >= 11 is 0.887. The lowest BCUT2D eigenvalue weighted by Crippen LogP contribution is -1.97. The molecular weight excluding hydrogens is 384 g/mol. The molecule has 10 heteroatoms. The quantitative estimate of drug-likeness (QED) is 0.273. The summed E-state index contributed by atoms with van der Waals surface area (Å²) in [6.45, 7) is 5.19. The van der Waals surface area contributed by atoms with Gasteiger partial charge < -0.3 is 9.52 Å². The number of rotatable bonds is 6. The molecule has 3 aromatic rings. The van der Waals surface area contributed by atoms with Crippen molar-refractivity contribution in [1.29, 1.82) is 0 Å². The van der Waals surface area contributed by atoms with Crippen molar-refractivity contribution < 1.29 is 19.2 Å². The average molecular weight is 400 g/mol. The maximum absolute atomic E-state index is 11.5. The van der Waals surface area contributed by atoms with E-state index in [4.69, 9.17) is 4.42 Å². The van der Waals surface area contributed by atoms with Gasteiger partial charge in [0.05, 0.1) is 4.92 Å². The van der Waals surface area contributed by atoms with Crippen LogP contribution in [0.2, 0.25) is 0 Å². The van der Waals surface area contributed by atoms with Gasteiger partial charge >= 0.3 is 5.97 Å². The molecule has 1 aromatic carbocycles. The Morgan fingerprint density at radius 3 is 2.68 bits per heavy atom. The van der Waals surface area contributed by atoms with Crippen molar-refractivity contribution >= 4 is 29.5 Å². The lowest BCUT2D eigenvalue weighted by Gasteiger charge is -2.04. The van der Waals surface area contributed by atoms with E-state index >= 15 is 0 Å². The molecule has 0 atom stereocenters. The Labute approximate surface area is 163 Å².